The van der Waals surface area contributed by atoms with Gasteiger partial charge in [-0.1, -0.05) is 43.1 Å². The molecular formula is C26H26Cl2FN3O3. The van der Waals surface area contributed by atoms with E-state index >= 15 is 4.39 Å². The lowest BCUT2D eigenvalue weighted by Crippen LogP contribution is -2.54. The van der Waals surface area contributed by atoms with Crippen molar-refractivity contribution >= 4 is 58.5 Å². The lowest BCUT2D eigenvalue weighted by molar-refractivity contribution is -0.122. The van der Waals surface area contributed by atoms with Gasteiger partial charge < -0.3 is 4.90 Å². The fraction of sp³-hybridized carbons (Fsp3) is 0.346. The SMILES string of the molecule is CCCN1c2cc(F)c(/C=C3/C(=O)NC(=O)N(c4cccc(Cl)c4Cl)C3=O)cc2C(C)CC1(C)C. The van der Waals surface area contributed by atoms with Gasteiger partial charge in [-0.2, -0.15) is 0 Å². The van der Waals surface area contributed by atoms with E-state index in [0.29, 0.717) is 0 Å². The van der Waals surface area contributed by atoms with Gasteiger partial charge in [0.05, 0.1) is 15.7 Å². The van der Waals surface area contributed by atoms with Crippen LogP contribution in [0.5, 0.6) is 0 Å². The second-order valence-electron chi connectivity index (χ2n) is 9.53. The van der Waals surface area contributed by atoms with E-state index in [1.165, 1.54) is 30.3 Å². The van der Waals surface area contributed by atoms with Crippen LogP contribution in [0.15, 0.2) is 35.9 Å². The molecule has 6 nitrogen and oxygen atoms in total. The normalized spacial score (nSPS) is 20.8. The summed E-state index contributed by atoms with van der Waals surface area (Å²) in [6.07, 6.45) is 2.97. The van der Waals surface area contributed by atoms with Crippen molar-refractivity contribution in [2.24, 2.45) is 0 Å². The van der Waals surface area contributed by atoms with Crippen molar-refractivity contribution in [1.82, 2.24) is 5.32 Å². The Hall–Kier alpha value is -2.90. The van der Waals surface area contributed by atoms with Crippen LogP contribution in [0.4, 0.5) is 20.6 Å². The van der Waals surface area contributed by atoms with E-state index in [0.717, 1.165) is 35.5 Å². The molecule has 1 N–H and O–H groups in total. The maximum Gasteiger partial charge on any atom is 0.336 e. The summed E-state index contributed by atoms with van der Waals surface area (Å²) in [4.78, 5) is 41.3. The Morgan fingerprint density at radius 2 is 1.89 bits per heavy atom. The van der Waals surface area contributed by atoms with Crippen LogP contribution in [0, 0.1) is 5.82 Å². The van der Waals surface area contributed by atoms with Gasteiger partial charge in [-0.3, -0.25) is 14.9 Å². The minimum Gasteiger partial charge on any atom is -0.366 e. The lowest BCUT2D eigenvalue weighted by Gasteiger charge is -2.47. The van der Waals surface area contributed by atoms with Crippen LogP contribution in [-0.4, -0.2) is 29.9 Å². The van der Waals surface area contributed by atoms with Crippen LogP contribution in [0.3, 0.4) is 0 Å². The number of benzene rings is 2. The number of anilines is 2. The molecule has 0 aliphatic carbocycles. The van der Waals surface area contributed by atoms with Gasteiger partial charge in [0.1, 0.15) is 11.4 Å². The van der Waals surface area contributed by atoms with Gasteiger partial charge in [0.25, 0.3) is 11.8 Å². The molecule has 0 spiro atoms. The minimum atomic E-state index is -0.960. The summed E-state index contributed by atoms with van der Waals surface area (Å²) in [5.41, 5.74) is 1.37. The molecular weight excluding hydrogens is 492 g/mol. The molecule has 184 valence electrons. The summed E-state index contributed by atoms with van der Waals surface area (Å²) in [7, 11) is 0. The van der Waals surface area contributed by atoms with E-state index < -0.39 is 23.7 Å². The Balaban J connectivity index is 1.79. The average Bonchev–Trinajstić information content (AvgIpc) is 2.77. The average molecular weight is 518 g/mol. The number of halogens is 3. The fourth-order valence-corrected chi connectivity index (χ4v) is 5.36. The summed E-state index contributed by atoms with van der Waals surface area (Å²) in [5.74, 6) is -2.24. The molecule has 0 radical (unpaired) electrons. The molecule has 0 bridgehead atoms. The maximum absolute atomic E-state index is 15.4. The fourth-order valence-electron chi connectivity index (χ4n) is 4.98. The molecule has 2 aliphatic heterocycles. The Bertz CT molecular complexity index is 1270. The van der Waals surface area contributed by atoms with Crippen molar-refractivity contribution in [3.05, 3.63) is 62.9 Å². The third kappa shape index (κ3) is 4.43. The number of hydrogen-bond donors (Lipinski definition) is 1. The number of fused-ring (bicyclic) bond motifs is 1. The molecule has 9 heteroatoms. The molecule has 1 fully saturated rings. The standard InChI is InChI=1S/C26H26Cl2FN3O3/c1-5-9-31-21-12-19(29)15(10-16(21)14(2)13-26(31,3)4)11-17-23(33)30-25(35)32(24(17)34)20-8-6-7-18(27)22(20)28/h6-8,10-12,14H,5,9,13H2,1-4H3,(H,30,33,35)/b17-11-. The third-order valence-electron chi connectivity index (χ3n) is 6.52. The van der Waals surface area contributed by atoms with Crippen molar-refractivity contribution in [2.75, 3.05) is 16.3 Å². The highest BCUT2D eigenvalue weighted by Gasteiger charge is 2.39. The summed E-state index contributed by atoms with van der Waals surface area (Å²) < 4.78 is 15.4. The molecule has 2 aromatic carbocycles. The van der Waals surface area contributed by atoms with Crippen LogP contribution in [-0.2, 0) is 9.59 Å². The molecule has 0 aromatic heterocycles. The van der Waals surface area contributed by atoms with Crippen molar-refractivity contribution in [2.45, 2.75) is 52.0 Å². The van der Waals surface area contributed by atoms with Gasteiger partial charge in [0.2, 0.25) is 0 Å². The summed E-state index contributed by atoms with van der Waals surface area (Å²) in [6.45, 7) is 9.24. The number of nitrogens with zero attached hydrogens (tertiary/aromatic N) is 2. The van der Waals surface area contributed by atoms with E-state index in [4.69, 9.17) is 23.2 Å². The molecule has 4 amide bonds. The smallest absolute Gasteiger partial charge is 0.336 e. The number of rotatable bonds is 4. The third-order valence-corrected chi connectivity index (χ3v) is 7.33. The Morgan fingerprint density at radius 3 is 2.57 bits per heavy atom. The molecule has 2 aliphatic rings. The second-order valence-corrected chi connectivity index (χ2v) is 10.3. The van der Waals surface area contributed by atoms with Gasteiger partial charge in [0, 0.05) is 23.3 Å². The highest BCUT2D eigenvalue weighted by molar-refractivity contribution is 6.46. The largest absolute Gasteiger partial charge is 0.366 e. The zero-order valence-corrected chi connectivity index (χ0v) is 21.4. The molecule has 2 aromatic rings. The molecule has 35 heavy (non-hydrogen) atoms. The lowest BCUT2D eigenvalue weighted by atomic mass is 9.79. The monoisotopic (exact) mass is 517 g/mol. The van der Waals surface area contributed by atoms with E-state index in [-0.39, 0.29) is 38.3 Å². The predicted octanol–water partition coefficient (Wildman–Crippen LogP) is 6.30. The Kier molecular flexibility index (Phi) is 6.68. The number of urea groups is 1. The number of carbonyl (C=O) groups is 3. The number of hydrogen-bond acceptors (Lipinski definition) is 4. The summed E-state index contributed by atoms with van der Waals surface area (Å²) in [6, 6.07) is 6.67. The zero-order valence-electron chi connectivity index (χ0n) is 19.9. The van der Waals surface area contributed by atoms with Crippen molar-refractivity contribution in [1.29, 1.82) is 0 Å². The van der Waals surface area contributed by atoms with Crippen LogP contribution in [0.1, 0.15) is 57.6 Å². The maximum atomic E-state index is 15.4. The quantitative estimate of drug-likeness (QED) is 0.381. The molecule has 1 atom stereocenters. The molecule has 2 heterocycles. The highest BCUT2D eigenvalue weighted by Crippen LogP contribution is 2.44. The molecule has 4 rings (SSSR count). The highest BCUT2D eigenvalue weighted by atomic mass is 35.5. The molecule has 0 saturated carbocycles. The van der Waals surface area contributed by atoms with Crippen LogP contribution in [0.25, 0.3) is 6.08 Å². The Morgan fingerprint density at radius 1 is 1.17 bits per heavy atom. The number of nitrogens with one attached hydrogen (secondary N) is 1. The predicted molar refractivity (Wildman–Crippen MR) is 137 cm³/mol. The van der Waals surface area contributed by atoms with E-state index in [9.17, 15) is 14.4 Å². The molecule has 1 saturated heterocycles. The van der Waals surface area contributed by atoms with Crippen LogP contribution < -0.4 is 15.1 Å². The molecule has 1 unspecified atom stereocenters. The first kappa shape index (κ1) is 25.2. The second kappa shape index (κ2) is 9.28. The van der Waals surface area contributed by atoms with Gasteiger partial charge in [-0.05, 0) is 68.5 Å². The first-order valence-electron chi connectivity index (χ1n) is 11.4. The van der Waals surface area contributed by atoms with Crippen LogP contribution in [0.2, 0.25) is 10.0 Å². The van der Waals surface area contributed by atoms with Crippen molar-refractivity contribution in [3.63, 3.8) is 0 Å². The topological polar surface area (TPSA) is 69.7 Å². The van der Waals surface area contributed by atoms with E-state index in [1.807, 2.05) is 0 Å². The first-order chi connectivity index (χ1) is 16.5. The summed E-state index contributed by atoms with van der Waals surface area (Å²) >= 11 is 12.3. The van der Waals surface area contributed by atoms with Gasteiger partial charge in [-0.15, -0.1) is 0 Å². The van der Waals surface area contributed by atoms with Gasteiger partial charge >= 0.3 is 6.03 Å². The number of carbonyl (C=O) groups excluding carboxylic acids is 3. The van der Waals surface area contributed by atoms with E-state index in [1.54, 1.807) is 6.07 Å². The van der Waals surface area contributed by atoms with Gasteiger partial charge in [-0.25, -0.2) is 14.1 Å². The van der Waals surface area contributed by atoms with Gasteiger partial charge in [0.15, 0.2) is 0 Å². The first-order valence-corrected chi connectivity index (χ1v) is 12.2. The number of imide groups is 2. The number of amides is 4. The van der Waals surface area contributed by atoms with Crippen LogP contribution >= 0.6 is 23.2 Å². The summed E-state index contributed by atoms with van der Waals surface area (Å²) in [5, 5.41) is 2.25. The Labute approximate surface area is 213 Å². The van der Waals surface area contributed by atoms with Crippen molar-refractivity contribution < 1.29 is 18.8 Å². The van der Waals surface area contributed by atoms with Crippen molar-refractivity contribution in [3.8, 4) is 0 Å². The minimum absolute atomic E-state index is 0.0150. The zero-order chi connectivity index (χ0) is 25.7. The number of barbiturate groups is 1. The van der Waals surface area contributed by atoms with E-state index in [2.05, 4.69) is 37.9 Å².